The second-order valence-electron chi connectivity index (χ2n) is 5.55. The maximum atomic E-state index is 5.23. The Kier molecular flexibility index (Phi) is 18.5. The van der Waals surface area contributed by atoms with E-state index in [2.05, 4.69) is 60.6 Å². The summed E-state index contributed by atoms with van der Waals surface area (Å²) in [5.41, 5.74) is 5.23. The van der Waals surface area contributed by atoms with E-state index >= 15 is 0 Å². The zero-order valence-corrected chi connectivity index (χ0v) is 14.6. The van der Waals surface area contributed by atoms with Gasteiger partial charge in [0.1, 0.15) is 0 Å². The van der Waals surface area contributed by atoms with Crippen LogP contribution in [0.1, 0.15) is 0 Å². The first-order chi connectivity index (χ1) is 9.43. The summed E-state index contributed by atoms with van der Waals surface area (Å²) in [6.07, 6.45) is 0. The lowest BCUT2D eigenvalue weighted by molar-refractivity contribution is 0.254. The Morgan fingerprint density at radius 2 is 1.25 bits per heavy atom. The molecule has 0 rings (SSSR count). The van der Waals surface area contributed by atoms with Crippen LogP contribution in [0.2, 0.25) is 0 Å². The molecule has 0 aromatic carbocycles. The number of nitrogens with one attached hydrogen (secondary N) is 2. The second kappa shape index (κ2) is 16.8. The van der Waals surface area contributed by atoms with Crippen LogP contribution in [-0.2, 0) is 0 Å². The number of hydrogen-bond acceptors (Lipinski definition) is 6. The van der Waals surface area contributed by atoms with Crippen LogP contribution < -0.4 is 16.4 Å². The van der Waals surface area contributed by atoms with Gasteiger partial charge in [-0.05, 0) is 42.3 Å². The van der Waals surface area contributed by atoms with Crippen molar-refractivity contribution in [3.63, 3.8) is 0 Å². The average Bonchev–Trinajstić information content (AvgIpc) is 2.40. The zero-order chi connectivity index (χ0) is 15.8. The third kappa shape index (κ3) is 22.9. The molecular formula is C14H38N6. The predicted octanol–water partition coefficient (Wildman–Crippen LogP) is -1.20. The fraction of sp³-hybridized carbons (Fsp3) is 1.00. The average molecular weight is 291 g/mol. The Balaban J connectivity index is 0. The molecule has 0 radical (unpaired) electrons. The van der Waals surface area contributed by atoms with Crippen molar-refractivity contribution in [2.75, 3.05) is 94.6 Å². The molecule has 0 saturated carbocycles. The second-order valence-corrected chi connectivity index (χ2v) is 5.55. The minimum Gasteiger partial charge on any atom is -0.329 e. The summed E-state index contributed by atoms with van der Waals surface area (Å²) in [6.45, 7) is 8.26. The predicted molar refractivity (Wildman–Crippen MR) is 90.5 cm³/mol. The van der Waals surface area contributed by atoms with E-state index in [4.69, 9.17) is 5.73 Å². The molecule has 0 amide bonds. The first-order valence-corrected chi connectivity index (χ1v) is 7.47. The van der Waals surface area contributed by atoms with Crippen LogP contribution in [0.4, 0.5) is 0 Å². The Morgan fingerprint density at radius 3 is 1.60 bits per heavy atom. The van der Waals surface area contributed by atoms with E-state index in [1.54, 1.807) is 0 Å². The monoisotopic (exact) mass is 290 g/mol. The van der Waals surface area contributed by atoms with Gasteiger partial charge in [0.25, 0.3) is 0 Å². The summed E-state index contributed by atoms with van der Waals surface area (Å²) in [4.78, 5) is 6.79. The molecule has 0 aromatic rings. The summed E-state index contributed by atoms with van der Waals surface area (Å²) < 4.78 is 0. The van der Waals surface area contributed by atoms with E-state index in [1.807, 2.05) is 7.05 Å². The lowest BCUT2D eigenvalue weighted by Gasteiger charge is -2.20. The van der Waals surface area contributed by atoms with Gasteiger partial charge in [0.15, 0.2) is 0 Å². The number of rotatable bonds is 11. The molecule has 0 saturated heterocycles. The summed E-state index contributed by atoms with van der Waals surface area (Å²) in [6, 6.07) is 0. The van der Waals surface area contributed by atoms with Gasteiger partial charge in [-0.15, -0.1) is 0 Å². The van der Waals surface area contributed by atoms with Gasteiger partial charge < -0.3 is 31.1 Å². The van der Waals surface area contributed by atoms with Crippen molar-refractivity contribution >= 4 is 0 Å². The van der Waals surface area contributed by atoms with E-state index in [1.165, 1.54) is 0 Å². The Hall–Kier alpha value is -0.240. The minimum absolute atomic E-state index is 0.726. The minimum atomic E-state index is 0.726. The highest BCUT2D eigenvalue weighted by Crippen LogP contribution is 1.84. The summed E-state index contributed by atoms with van der Waals surface area (Å²) in [5.74, 6) is 0. The highest BCUT2D eigenvalue weighted by Gasteiger charge is 1.99. The molecule has 0 aliphatic heterocycles. The molecular weight excluding hydrogens is 252 g/mol. The molecule has 0 fully saturated rings. The zero-order valence-electron chi connectivity index (χ0n) is 14.6. The largest absolute Gasteiger partial charge is 0.329 e. The van der Waals surface area contributed by atoms with Gasteiger partial charge in [0.05, 0.1) is 0 Å². The van der Waals surface area contributed by atoms with Gasteiger partial charge in [-0.2, -0.15) is 0 Å². The molecule has 20 heavy (non-hydrogen) atoms. The Morgan fingerprint density at radius 1 is 0.750 bits per heavy atom. The Bertz CT molecular complexity index is 157. The normalized spacial score (nSPS) is 11.1. The van der Waals surface area contributed by atoms with Crippen molar-refractivity contribution in [1.82, 2.24) is 25.3 Å². The van der Waals surface area contributed by atoms with Crippen LogP contribution in [0, 0.1) is 0 Å². The Labute approximate surface area is 126 Å². The van der Waals surface area contributed by atoms with E-state index in [0.717, 1.165) is 52.4 Å². The molecule has 6 nitrogen and oxygen atoms in total. The fourth-order valence-electron chi connectivity index (χ4n) is 1.29. The maximum absolute atomic E-state index is 5.23. The number of hydrogen-bond donors (Lipinski definition) is 3. The molecule has 0 unspecified atom stereocenters. The highest BCUT2D eigenvalue weighted by atomic mass is 15.2. The van der Waals surface area contributed by atoms with Crippen molar-refractivity contribution in [3.8, 4) is 0 Å². The smallest absolute Gasteiger partial charge is 0.0107 e. The van der Waals surface area contributed by atoms with Gasteiger partial charge in [0.2, 0.25) is 0 Å². The van der Waals surface area contributed by atoms with Crippen LogP contribution in [-0.4, -0.2) is 109 Å². The third-order valence-electron chi connectivity index (χ3n) is 2.73. The lowest BCUT2D eigenvalue weighted by atomic mass is 10.4. The van der Waals surface area contributed by atoms with Crippen LogP contribution in [0.5, 0.6) is 0 Å². The van der Waals surface area contributed by atoms with Crippen LogP contribution in [0.15, 0.2) is 0 Å². The van der Waals surface area contributed by atoms with E-state index in [-0.39, 0.29) is 0 Å². The van der Waals surface area contributed by atoms with Crippen LogP contribution in [0.25, 0.3) is 0 Å². The van der Waals surface area contributed by atoms with Crippen molar-refractivity contribution < 1.29 is 0 Å². The summed E-state index contributed by atoms with van der Waals surface area (Å²) in [5, 5.41) is 6.17. The molecule has 6 heteroatoms. The quantitative estimate of drug-likeness (QED) is 0.416. The van der Waals surface area contributed by atoms with Gasteiger partial charge in [0, 0.05) is 52.4 Å². The van der Waals surface area contributed by atoms with Gasteiger partial charge >= 0.3 is 0 Å². The first kappa shape index (κ1) is 22.0. The highest BCUT2D eigenvalue weighted by molar-refractivity contribution is 4.55. The van der Waals surface area contributed by atoms with Gasteiger partial charge in [-0.3, -0.25) is 0 Å². The molecule has 0 aromatic heterocycles. The standard InChI is InChI=1S/C9H23N3.C5H15N3/c1-10(2)6-8-12(5)9-7-11(3)4;1-7-4-5-8-3-2-6/h6-9H2,1-5H3;7-8H,2-6H2,1H3. The molecule has 0 aliphatic carbocycles. The molecule has 4 N–H and O–H groups in total. The number of nitrogens with zero attached hydrogens (tertiary/aromatic N) is 3. The number of likely N-dealkylation sites (N-methyl/N-ethyl adjacent to an activating group) is 4. The SMILES string of the molecule is CN(C)CCN(C)CCN(C)C.CNCCNCCN. The summed E-state index contributed by atoms with van der Waals surface area (Å²) >= 11 is 0. The van der Waals surface area contributed by atoms with Crippen molar-refractivity contribution in [3.05, 3.63) is 0 Å². The molecule has 0 atom stereocenters. The van der Waals surface area contributed by atoms with Crippen molar-refractivity contribution in [2.24, 2.45) is 5.73 Å². The van der Waals surface area contributed by atoms with Crippen molar-refractivity contribution in [1.29, 1.82) is 0 Å². The maximum Gasteiger partial charge on any atom is 0.0107 e. The molecule has 124 valence electrons. The van der Waals surface area contributed by atoms with Crippen LogP contribution in [0.3, 0.4) is 0 Å². The topological polar surface area (TPSA) is 59.8 Å². The van der Waals surface area contributed by atoms with E-state index in [9.17, 15) is 0 Å². The summed E-state index contributed by atoms with van der Waals surface area (Å²) in [7, 11) is 12.6. The van der Waals surface area contributed by atoms with Gasteiger partial charge in [-0.1, -0.05) is 0 Å². The lowest BCUT2D eigenvalue weighted by Crippen LogP contribution is -2.33. The molecule has 0 heterocycles. The fourth-order valence-corrected chi connectivity index (χ4v) is 1.29. The van der Waals surface area contributed by atoms with Crippen LogP contribution >= 0.6 is 0 Å². The van der Waals surface area contributed by atoms with Crippen molar-refractivity contribution in [2.45, 2.75) is 0 Å². The van der Waals surface area contributed by atoms with Gasteiger partial charge in [-0.25, -0.2) is 0 Å². The first-order valence-electron chi connectivity index (χ1n) is 7.47. The van der Waals surface area contributed by atoms with E-state index in [0.29, 0.717) is 0 Å². The molecule has 0 aliphatic rings. The third-order valence-corrected chi connectivity index (χ3v) is 2.73. The molecule has 0 bridgehead atoms. The molecule has 0 spiro atoms. The number of nitrogens with two attached hydrogens (primary N) is 1. The van der Waals surface area contributed by atoms with E-state index < -0.39 is 0 Å².